The molecule has 0 bridgehead atoms. The zero-order chi connectivity index (χ0) is 10.6. The molecule has 0 amide bonds. The van der Waals surface area contributed by atoms with Gasteiger partial charge >= 0.3 is 0 Å². The summed E-state index contributed by atoms with van der Waals surface area (Å²) in [6, 6.07) is 4.33. The summed E-state index contributed by atoms with van der Waals surface area (Å²) in [6.45, 7) is 6.91. The van der Waals surface area contributed by atoms with Gasteiger partial charge in [0.15, 0.2) is 0 Å². The Morgan fingerprint density at radius 2 is 2.07 bits per heavy atom. The second-order valence-corrected chi connectivity index (χ2v) is 2.67. The van der Waals surface area contributed by atoms with E-state index in [1.807, 2.05) is 0 Å². The lowest BCUT2D eigenvalue weighted by atomic mass is 10.1. The molecule has 0 saturated heterocycles. The number of benzene rings is 1. The standard InChI is InChI=1S/C11H11NO2/c1-3-8(7-12-2)10-5-4-9(13)6-11(10)14/h3-7,13-14H,1-2H2/b8-7+. The van der Waals surface area contributed by atoms with Crippen LogP contribution in [0.3, 0.4) is 0 Å². The Bertz CT molecular complexity index is 394. The van der Waals surface area contributed by atoms with Crippen molar-refractivity contribution in [2.24, 2.45) is 4.99 Å². The third-order valence-corrected chi connectivity index (χ3v) is 1.74. The third-order valence-electron chi connectivity index (χ3n) is 1.74. The van der Waals surface area contributed by atoms with Crippen LogP contribution in [0, 0.1) is 0 Å². The van der Waals surface area contributed by atoms with Crippen LogP contribution in [0.1, 0.15) is 5.56 Å². The Balaban J connectivity index is 3.24. The molecule has 3 nitrogen and oxygen atoms in total. The Kier molecular flexibility index (Phi) is 3.07. The number of phenols is 2. The van der Waals surface area contributed by atoms with Gasteiger partial charge in [-0.15, -0.1) is 0 Å². The largest absolute Gasteiger partial charge is 0.508 e. The predicted molar refractivity (Wildman–Crippen MR) is 57.5 cm³/mol. The molecule has 0 unspecified atom stereocenters. The minimum atomic E-state index is -0.0141. The lowest BCUT2D eigenvalue weighted by Gasteiger charge is -2.04. The highest BCUT2D eigenvalue weighted by Gasteiger charge is 2.04. The molecule has 0 atom stereocenters. The molecule has 0 aromatic heterocycles. The van der Waals surface area contributed by atoms with Crippen LogP contribution >= 0.6 is 0 Å². The first-order valence-corrected chi connectivity index (χ1v) is 4.00. The molecule has 1 aromatic carbocycles. The molecule has 1 aromatic rings. The van der Waals surface area contributed by atoms with E-state index in [2.05, 4.69) is 18.3 Å². The van der Waals surface area contributed by atoms with Gasteiger partial charge in [0.05, 0.1) is 0 Å². The van der Waals surface area contributed by atoms with Gasteiger partial charge in [-0.3, -0.25) is 4.99 Å². The SMILES string of the molecule is C=C/C(=C\N=C)c1ccc(O)cc1O. The number of hydrogen-bond donors (Lipinski definition) is 2. The van der Waals surface area contributed by atoms with Crippen LogP contribution in [0.25, 0.3) is 5.57 Å². The molecule has 14 heavy (non-hydrogen) atoms. The van der Waals surface area contributed by atoms with Gasteiger partial charge in [0, 0.05) is 23.4 Å². The molecular weight excluding hydrogens is 178 g/mol. The number of nitrogens with zero attached hydrogens (tertiary/aromatic N) is 1. The summed E-state index contributed by atoms with van der Waals surface area (Å²) in [5, 5.41) is 18.6. The molecule has 0 aliphatic rings. The normalized spacial score (nSPS) is 11.0. The number of phenolic OH excluding ortho intramolecular Hbond substituents is 2. The molecule has 0 heterocycles. The van der Waals surface area contributed by atoms with E-state index in [0.717, 1.165) is 0 Å². The molecule has 3 heteroatoms. The molecule has 2 N–H and O–H groups in total. The van der Waals surface area contributed by atoms with Gasteiger partial charge in [0.25, 0.3) is 0 Å². The van der Waals surface area contributed by atoms with Gasteiger partial charge in [-0.1, -0.05) is 12.7 Å². The van der Waals surface area contributed by atoms with E-state index >= 15 is 0 Å². The van der Waals surface area contributed by atoms with Crippen molar-refractivity contribution in [1.82, 2.24) is 0 Å². The van der Waals surface area contributed by atoms with Gasteiger partial charge in [-0.2, -0.15) is 0 Å². The summed E-state index contributed by atoms with van der Waals surface area (Å²) in [5.74, 6) is 0.000949. The lowest BCUT2D eigenvalue weighted by molar-refractivity contribution is 0.449. The van der Waals surface area contributed by atoms with Gasteiger partial charge in [0.2, 0.25) is 0 Å². The molecule has 0 aliphatic carbocycles. The van der Waals surface area contributed by atoms with E-state index in [0.29, 0.717) is 11.1 Å². The maximum Gasteiger partial charge on any atom is 0.127 e. The highest BCUT2D eigenvalue weighted by molar-refractivity contribution is 5.77. The van der Waals surface area contributed by atoms with Gasteiger partial charge in [-0.25, -0.2) is 0 Å². The van der Waals surface area contributed by atoms with E-state index < -0.39 is 0 Å². The first kappa shape index (κ1) is 10.1. The first-order valence-electron chi connectivity index (χ1n) is 4.00. The zero-order valence-corrected chi connectivity index (χ0v) is 7.64. The molecule has 0 fully saturated rings. The van der Waals surface area contributed by atoms with E-state index in [1.165, 1.54) is 18.3 Å². The van der Waals surface area contributed by atoms with Gasteiger partial charge in [0.1, 0.15) is 11.5 Å². The van der Waals surface area contributed by atoms with E-state index in [1.54, 1.807) is 12.1 Å². The topological polar surface area (TPSA) is 52.8 Å². The van der Waals surface area contributed by atoms with Crippen LogP contribution < -0.4 is 0 Å². The van der Waals surface area contributed by atoms with Crippen molar-refractivity contribution in [3.8, 4) is 11.5 Å². The summed E-state index contributed by atoms with van der Waals surface area (Å²) in [6.07, 6.45) is 3.04. The van der Waals surface area contributed by atoms with Crippen LogP contribution in [-0.4, -0.2) is 16.9 Å². The fourth-order valence-corrected chi connectivity index (χ4v) is 1.09. The van der Waals surface area contributed by atoms with Crippen LogP contribution in [0.15, 0.2) is 42.0 Å². The number of aromatic hydroxyl groups is 2. The van der Waals surface area contributed by atoms with Crippen molar-refractivity contribution >= 4 is 12.3 Å². The minimum Gasteiger partial charge on any atom is -0.508 e. The highest BCUT2D eigenvalue weighted by Crippen LogP contribution is 2.29. The van der Waals surface area contributed by atoms with Crippen LogP contribution in [0.5, 0.6) is 11.5 Å². The fourth-order valence-electron chi connectivity index (χ4n) is 1.09. The van der Waals surface area contributed by atoms with Gasteiger partial charge in [-0.05, 0) is 18.9 Å². The van der Waals surface area contributed by atoms with E-state index in [9.17, 15) is 5.11 Å². The van der Waals surface area contributed by atoms with Crippen molar-refractivity contribution in [2.45, 2.75) is 0 Å². The summed E-state index contributed by atoms with van der Waals surface area (Å²) < 4.78 is 0. The number of allylic oxidation sites excluding steroid dienone is 2. The van der Waals surface area contributed by atoms with Crippen molar-refractivity contribution in [1.29, 1.82) is 0 Å². The minimum absolute atomic E-state index is 0.0141. The van der Waals surface area contributed by atoms with Crippen LogP contribution in [0.4, 0.5) is 0 Å². The quantitative estimate of drug-likeness (QED) is 0.566. The second-order valence-electron chi connectivity index (χ2n) is 2.67. The Morgan fingerprint density at radius 3 is 2.57 bits per heavy atom. The summed E-state index contributed by atoms with van der Waals surface area (Å²) in [7, 11) is 0. The molecular formula is C11H11NO2. The summed E-state index contributed by atoms with van der Waals surface area (Å²) >= 11 is 0. The van der Waals surface area contributed by atoms with Crippen LogP contribution in [-0.2, 0) is 0 Å². The maximum absolute atomic E-state index is 9.51. The average Bonchev–Trinajstić information content (AvgIpc) is 2.15. The Hall–Kier alpha value is -2.03. The highest BCUT2D eigenvalue weighted by atomic mass is 16.3. The maximum atomic E-state index is 9.51. The Labute approximate surface area is 82.4 Å². The summed E-state index contributed by atoms with van der Waals surface area (Å²) in [5.41, 5.74) is 1.21. The number of rotatable bonds is 3. The smallest absolute Gasteiger partial charge is 0.127 e. The Morgan fingerprint density at radius 1 is 1.36 bits per heavy atom. The molecule has 0 saturated carbocycles. The number of aliphatic imine (C=N–C) groups is 1. The van der Waals surface area contributed by atoms with Crippen molar-refractivity contribution in [3.63, 3.8) is 0 Å². The lowest BCUT2D eigenvalue weighted by Crippen LogP contribution is -1.81. The van der Waals surface area contributed by atoms with Crippen LogP contribution in [0.2, 0.25) is 0 Å². The molecule has 72 valence electrons. The number of hydrogen-bond acceptors (Lipinski definition) is 3. The second kappa shape index (κ2) is 4.28. The summed E-state index contributed by atoms with van der Waals surface area (Å²) in [4.78, 5) is 3.59. The first-order chi connectivity index (χ1) is 6.69. The van der Waals surface area contributed by atoms with Gasteiger partial charge < -0.3 is 10.2 Å². The molecule has 0 spiro atoms. The van der Waals surface area contributed by atoms with E-state index in [4.69, 9.17) is 5.11 Å². The fraction of sp³-hybridized carbons (Fsp3) is 0. The third kappa shape index (κ3) is 2.01. The molecule has 0 aliphatic heterocycles. The zero-order valence-electron chi connectivity index (χ0n) is 7.64. The average molecular weight is 189 g/mol. The monoisotopic (exact) mass is 189 g/mol. The van der Waals surface area contributed by atoms with Crippen molar-refractivity contribution in [3.05, 3.63) is 42.6 Å². The predicted octanol–water partition coefficient (Wildman–Crippen LogP) is 2.33. The molecule has 0 radical (unpaired) electrons. The molecule has 1 rings (SSSR count). The van der Waals surface area contributed by atoms with E-state index in [-0.39, 0.29) is 11.5 Å². The van der Waals surface area contributed by atoms with Crippen molar-refractivity contribution in [2.75, 3.05) is 0 Å². The van der Waals surface area contributed by atoms with Crippen molar-refractivity contribution < 1.29 is 10.2 Å².